The first-order valence-electron chi connectivity index (χ1n) is 6.49. The highest BCUT2D eigenvalue weighted by atomic mass is 35.5. The fourth-order valence-electron chi connectivity index (χ4n) is 2.38. The van der Waals surface area contributed by atoms with E-state index in [9.17, 15) is 13.2 Å². The molecule has 0 spiro atoms. The number of nitrogens with two attached hydrogens (primary N) is 1. The highest BCUT2D eigenvalue weighted by molar-refractivity contribution is 7.89. The number of sulfonamides is 1. The minimum absolute atomic E-state index is 0.00243. The molecule has 1 aromatic rings. The molecule has 1 atom stereocenters. The Labute approximate surface area is 128 Å². The monoisotopic (exact) mass is 332 g/mol. The molecule has 0 saturated carbocycles. The number of primary amides is 1. The van der Waals surface area contributed by atoms with E-state index in [0.717, 1.165) is 0 Å². The fraction of sp³-hybridized carbons (Fsp3) is 0.462. The minimum atomic E-state index is -3.78. The van der Waals surface area contributed by atoms with Crippen LogP contribution in [0.3, 0.4) is 0 Å². The van der Waals surface area contributed by atoms with Crippen LogP contribution in [0.5, 0.6) is 5.75 Å². The summed E-state index contributed by atoms with van der Waals surface area (Å²) >= 11 is 5.89. The van der Waals surface area contributed by atoms with Gasteiger partial charge >= 0.3 is 0 Å². The molecule has 1 heterocycles. The zero-order valence-corrected chi connectivity index (χ0v) is 13.2. The molecule has 0 aromatic heterocycles. The maximum absolute atomic E-state index is 12.7. The molecule has 0 bridgehead atoms. The number of ether oxygens (including phenoxy) is 1. The summed E-state index contributed by atoms with van der Waals surface area (Å²) in [6, 6.07) is 4.41. The van der Waals surface area contributed by atoms with Crippen LogP contribution in [0.1, 0.15) is 12.8 Å². The van der Waals surface area contributed by atoms with Crippen molar-refractivity contribution in [1.29, 1.82) is 0 Å². The molecule has 2 rings (SSSR count). The van der Waals surface area contributed by atoms with Gasteiger partial charge in [-0.15, -0.1) is 0 Å². The molecule has 116 valence electrons. The van der Waals surface area contributed by atoms with Crippen LogP contribution < -0.4 is 10.5 Å². The van der Waals surface area contributed by atoms with Crippen molar-refractivity contribution in [2.45, 2.75) is 17.7 Å². The molecule has 0 aliphatic carbocycles. The summed E-state index contributed by atoms with van der Waals surface area (Å²) in [7, 11) is -2.38. The Bertz CT molecular complexity index is 648. The fourth-order valence-corrected chi connectivity index (χ4v) is 4.33. The molecule has 1 aliphatic rings. The van der Waals surface area contributed by atoms with Crippen LogP contribution in [0.4, 0.5) is 0 Å². The lowest BCUT2D eigenvalue weighted by molar-refractivity contribution is -0.122. The van der Waals surface area contributed by atoms with Gasteiger partial charge in [0.15, 0.2) is 0 Å². The predicted molar refractivity (Wildman–Crippen MR) is 78.7 cm³/mol. The normalized spacial score (nSPS) is 20.2. The number of amides is 1. The van der Waals surface area contributed by atoms with Crippen molar-refractivity contribution in [1.82, 2.24) is 4.31 Å². The highest BCUT2D eigenvalue weighted by Crippen LogP contribution is 2.31. The lowest BCUT2D eigenvalue weighted by Crippen LogP contribution is -2.44. The van der Waals surface area contributed by atoms with E-state index in [-0.39, 0.29) is 17.2 Å². The SMILES string of the molecule is COc1ccc(Cl)cc1S(=O)(=O)N1CCCC(C(N)=O)C1. The Balaban J connectivity index is 2.38. The third-order valence-corrected chi connectivity index (χ3v) is 5.65. The highest BCUT2D eigenvalue weighted by Gasteiger charge is 2.34. The first-order chi connectivity index (χ1) is 9.86. The molecule has 1 amide bonds. The van der Waals surface area contributed by atoms with Gasteiger partial charge in [-0.2, -0.15) is 4.31 Å². The second-order valence-corrected chi connectivity index (χ2v) is 7.24. The minimum Gasteiger partial charge on any atom is -0.495 e. The predicted octanol–water partition coefficient (Wildman–Crippen LogP) is 1.23. The number of halogens is 1. The lowest BCUT2D eigenvalue weighted by Gasteiger charge is -2.30. The number of rotatable bonds is 4. The van der Waals surface area contributed by atoms with E-state index in [2.05, 4.69) is 0 Å². The van der Waals surface area contributed by atoms with Gasteiger partial charge < -0.3 is 10.5 Å². The standard InChI is InChI=1S/C13H17ClN2O4S/c1-20-11-5-4-10(14)7-12(11)21(18,19)16-6-2-3-9(8-16)13(15)17/h4-5,7,9H,2-3,6,8H2,1H3,(H2,15,17). The number of methoxy groups -OCH3 is 1. The molecular weight excluding hydrogens is 316 g/mol. The molecule has 6 nitrogen and oxygen atoms in total. The van der Waals surface area contributed by atoms with Crippen LogP contribution in [0, 0.1) is 5.92 Å². The van der Waals surface area contributed by atoms with E-state index < -0.39 is 21.8 Å². The van der Waals surface area contributed by atoms with Gasteiger partial charge in [0.05, 0.1) is 13.0 Å². The Morgan fingerprint density at radius 1 is 1.48 bits per heavy atom. The summed E-state index contributed by atoms with van der Waals surface area (Å²) in [5.41, 5.74) is 5.29. The number of carbonyl (C=O) groups excluding carboxylic acids is 1. The Kier molecular flexibility index (Phi) is 4.75. The number of nitrogens with zero attached hydrogens (tertiary/aromatic N) is 1. The van der Waals surface area contributed by atoms with Crippen molar-refractivity contribution in [3.05, 3.63) is 23.2 Å². The van der Waals surface area contributed by atoms with Crippen molar-refractivity contribution in [2.24, 2.45) is 11.7 Å². The summed E-state index contributed by atoms with van der Waals surface area (Å²) in [5, 5.41) is 0.304. The van der Waals surface area contributed by atoms with Crippen molar-refractivity contribution >= 4 is 27.5 Å². The van der Waals surface area contributed by atoms with Crippen LogP contribution in [0.15, 0.2) is 23.1 Å². The summed E-state index contributed by atoms with van der Waals surface area (Å²) in [6.07, 6.45) is 1.20. The van der Waals surface area contributed by atoms with Crippen LogP contribution in [0.2, 0.25) is 5.02 Å². The molecule has 8 heteroatoms. The molecule has 1 aromatic carbocycles. The average Bonchev–Trinajstić information content (AvgIpc) is 2.47. The largest absolute Gasteiger partial charge is 0.495 e. The van der Waals surface area contributed by atoms with Crippen molar-refractivity contribution in [2.75, 3.05) is 20.2 Å². The van der Waals surface area contributed by atoms with Gasteiger partial charge in [-0.25, -0.2) is 8.42 Å². The zero-order valence-electron chi connectivity index (χ0n) is 11.6. The van der Waals surface area contributed by atoms with E-state index >= 15 is 0 Å². The number of carbonyl (C=O) groups is 1. The molecule has 2 N–H and O–H groups in total. The van der Waals surface area contributed by atoms with Crippen LogP contribution in [0.25, 0.3) is 0 Å². The topological polar surface area (TPSA) is 89.7 Å². The van der Waals surface area contributed by atoms with Gasteiger partial charge in [0.2, 0.25) is 15.9 Å². The van der Waals surface area contributed by atoms with Crippen molar-refractivity contribution in [3.63, 3.8) is 0 Å². The van der Waals surface area contributed by atoms with Gasteiger partial charge in [0.1, 0.15) is 10.6 Å². The maximum Gasteiger partial charge on any atom is 0.246 e. The van der Waals surface area contributed by atoms with Gasteiger partial charge in [0.25, 0.3) is 0 Å². The second kappa shape index (κ2) is 6.21. The van der Waals surface area contributed by atoms with Crippen molar-refractivity contribution in [3.8, 4) is 5.75 Å². The van der Waals surface area contributed by atoms with E-state index in [0.29, 0.717) is 24.4 Å². The number of hydrogen-bond acceptors (Lipinski definition) is 4. The summed E-state index contributed by atoms with van der Waals surface area (Å²) in [4.78, 5) is 11.3. The molecule has 1 unspecified atom stereocenters. The van der Waals surface area contributed by atoms with Crippen molar-refractivity contribution < 1.29 is 17.9 Å². The molecule has 0 radical (unpaired) electrons. The summed E-state index contributed by atoms with van der Waals surface area (Å²) in [6.45, 7) is 0.440. The average molecular weight is 333 g/mol. The number of benzene rings is 1. The Morgan fingerprint density at radius 2 is 2.19 bits per heavy atom. The molecule has 1 fully saturated rings. The van der Waals surface area contributed by atoms with Gasteiger partial charge in [0, 0.05) is 18.1 Å². The molecular formula is C13H17ClN2O4S. The van der Waals surface area contributed by atoms with Crippen LogP contribution in [-0.2, 0) is 14.8 Å². The smallest absolute Gasteiger partial charge is 0.246 e. The van der Waals surface area contributed by atoms with Gasteiger partial charge in [-0.1, -0.05) is 11.6 Å². The summed E-state index contributed by atoms with van der Waals surface area (Å²) < 4.78 is 31.8. The quantitative estimate of drug-likeness (QED) is 0.898. The first kappa shape index (κ1) is 16.1. The second-order valence-electron chi connectivity index (χ2n) is 4.90. The van der Waals surface area contributed by atoms with E-state index in [1.54, 1.807) is 6.07 Å². The third kappa shape index (κ3) is 3.30. The van der Waals surface area contributed by atoms with E-state index in [1.807, 2.05) is 0 Å². The first-order valence-corrected chi connectivity index (χ1v) is 8.31. The Morgan fingerprint density at radius 3 is 2.81 bits per heavy atom. The van der Waals surface area contributed by atoms with Crippen LogP contribution >= 0.6 is 11.6 Å². The van der Waals surface area contributed by atoms with E-state index in [4.69, 9.17) is 22.1 Å². The third-order valence-electron chi connectivity index (χ3n) is 3.53. The zero-order chi connectivity index (χ0) is 15.6. The molecule has 1 saturated heterocycles. The Hall–Kier alpha value is -1.31. The van der Waals surface area contributed by atoms with E-state index in [1.165, 1.54) is 23.5 Å². The lowest BCUT2D eigenvalue weighted by atomic mass is 9.99. The number of hydrogen-bond donors (Lipinski definition) is 1. The van der Waals surface area contributed by atoms with Gasteiger partial charge in [-0.05, 0) is 31.0 Å². The molecule has 21 heavy (non-hydrogen) atoms. The maximum atomic E-state index is 12.7. The molecule has 1 aliphatic heterocycles. The number of piperidine rings is 1. The van der Waals surface area contributed by atoms with Crippen LogP contribution in [-0.4, -0.2) is 38.8 Å². The van der Waals surface area contributed by atoms with Gasteiger partial charge in [-0.3, -0.25) is 4.79 Å². The summed E-state index contributed by atoms with van der Waals surface area (Å²) in [5.74, 6) is -0.715.